The fourth-order valence-electron chi connectivity index (χ4n) is 6.90. The number of rotatable bonds is 2. The Morgan fingerprint density at radius 1 is 0.476 bits per heavy atom. The average molecular weight is 571 g/mol. The maximum Gasteiger partial charge on any atom is 0.131 e. The topological polar surface area (TPSA) is 9.86 Å². The van der Waals surface area contributed by atoms with Gasteiger partial charge >= 0.3 is 0 Å². The summed E-state index contributed by atoms with van der Waals surface area (Å²) in [6, 6.07) is 49.1. The quantitative estimate of drug-likeness (QED) is 0.201. The smallest absolute Gasteiger partial charge is 0.131 e. The zero-order valence-electron chi connectivity index (χ0n) is 22.4. The highest BCUT2D eigenvalue weighted by Crippen LogP contribution is 2.49. The van der Waals surface area contributed by atoms with Crippen LogP contribution < -0.4 is 0 Å². The predicted molar refractivity (Wildman–Crippen MR) is 180 cm³/mol. The Labute approximate surface area is 250 Å². The molecule has 0 amide bonds. The van der Waals surface area contributed by atoms with E-state index in [1.807, 2.05) is 23.1 Å². The number of hydrogen-bond donors (Lipinski definition) is 0. The first-order valence-electron chi connectivity index (χ1n) is 14.2. The number of benzene rings is 6. The molecule has 0 aliphatic carbocycles. The van der Waals surface area contributed by atoms with Gasteiger partial charge in [0.05, 0.1) is 16.7 Å². The molecule has 0 bridgehead atoms. The first kappa shape index (κ1) is 22.9. The Bertz CT molecular complexity index is 2540. The van der Waals surface area contributed by atoms with Gasteiger partial charge in [0.2, 0.25) is 0 Å². The molecule has 6 aromatic carbocycles. The third kappa shape index (κ3) is 3.00. The van der Waals surface area contributed by atoms with Gasteiger partial charge in [0.25, 0.3) is 0 Å². The van der Waals surface area contributed by atoms with Crippen LogP contribution in [0.1, 0.15) is 0 Å². The summed E-state index contributed by atoms with van der Waals surface area (Å²) in [4.78, 5) is 2.60. The second-order valence-electron chi connectivity index (χ2n) is 11.0. The van der Waals surface area contributed by atoms with Crippen LogP contribution in [0.5, 0.6) is 0 Å². The largest absolute Gasteiger partial charge is 0.295 e. The summed E-state index contributed by atoms with van der Waals surface area (Å²) in [6.07, 6.45) is 0. The van der Waals surface area contributed by atoms with Crippen molar-refractivity contribution in [3.05, 3.63) is 133 Å². The highest BCUT2D eigenvalue weighted by molar-refractivity contribution is 7.99. The maximum absolute atomic E-state index is 2.50. The minimum absolute atomic E-state index is 1.17. The zero-order valence-corrected chi connectivity index (χ0v) is 24.0. The first-order valence-corrected chi connectivity index (χ1v) is 15.8. The van der Waals surface area contributed by atoms with Crippen LogP contribution in [0.4, 0.5) is 0 Å². The second-order valence-corrected chi connectivity index (χ2v) is 13.1. The molecule has 0 spiro atoms. The lowest BCUT2D eigenvalue weighted by atomic mass is 10.0. The van der Waals surface area contributed by atoms with Crippen molar-refractivity contribution in [2.75, 3.05) is 0 Å². The fourth-order valence-corrected chi connectivity index (χ4v) is 9.13. The van der Waals surface area contributed by atoms with Crippen LogP contribution in [0, 0.1) is 0 Å². The van der Waals surface area contributed by atoms with Crippen molar-refractivity contribution >= 4 is 76.1 Å². The number of hydrogen-bond acceptors (Lipinski definition) is 2. The Hall–Kier alpha value is -4.77. The maximum atomic E-state index is 2.50. The highest BCUT2D eigenvalue weighted by Gasteiger charge is 2.27. The van der Waals surface area contributed by atoms with Crippen LogP contribution in [0.2, 0.25) is 0 Å². The van der Waals surface area contributed by atoms with Gasteiger partial charge in [0, 0.05) is 51.8 Å². The van der Waals surface area contributed by atoms with Crippen molar-refractivity contribution in [2.45, 2.75) is 9.79 Å². The Morgan fingerprint density at radius 2 is 1.19 bits per heavy atom. The van der Waals surface area contributed by atoms with Gasteiger partial charge in [-0.2, -0.15) is 0 Å². The van der Waals surface area contributed by atoms with E-state index in [0.29, 0.717) is 0 Å². The molecular formula is C38H22N2S2. The Balaban J connectivity index is 1.21. The number of para-hydroxylation sites is 3. The van der Waals surface area contributed by atoms with Gasteiger partial charge in [0.15, 0.2) is 0 Å². The number of nitrogens with zero attached hydrogens (tertiary/aromatic N) is 2. The SMILES string of the molecule is c1ccc2c(c1)Sc1cccc3c4c5ccccc5n(-c5ccc(-c6ccc7c(c6)sc6ccccc67)cc5)c4n-2c13. The standard InChI is InChI=1S/C38H22N2S2/c1-3-11-30-28(9-1)36-29-10-7-15-34-37(29)40(31-12-4-6-14-33(31)42-34)38(36)39(30)25-19-16-23(17-20-25)24-18-21-27-26-8-2-5-13-32(26)41-35(27)22-24/h1-22H. The predicted octanol–water partition coefficient (Wildman–Crippen LogP) is 11.2. The van der Waals surface area contributed by atoms with Crippen molar-refractivity contribution in [1.82, 2.24) is 9.13 Å². The van der Waals surface area contributed by atoms with E-state index in [9.17, 15) is 0 Å². The highest BCUT2D eigenvalue weighted by atomic mass is 32.2. The lowest BCUT2D eigenvalue weighted by Gasteiger charge is -2.21. The van der Waals surface area contributed by atoms with Gasteiger partial charge in [-0.3, -0.25) is 9.13 Å². The molecule has 0 unspecified atom stereocenters. The van der Waals surface area contributed by atoms with Gasteiger partial charge < -0.3 is 0 Å². The van der Waals surface area contributed by atoms with Crippen LogP contribution >= 0.6 is 23.1 Å². The monoisotopic (exact) mass is 570 g/mol. The molecule has 42 heavy (non-hydrogen) atoms. The lowest BCUT2D eigenvalue weighted by Crippen LogP contribution is -2.05. The van der Waals surface area contributed by atoms with Crippen LogP contribution in [-0.4, -0.2) is 9.13 Å². The normalized spacial score (nSPS) is 12.7. The van der Waals surface area contributed by atoms with E-state index in [2.05, 4.69) is 143 Å². The minimum Gasteiger partial charge on any atom is -0.295 e. The summed E-state index contributed by atoms with van der Waals surface area (Å²) in [6.45, 7) is 0. The summed E-state index contributed by atoms with van der Waals surface area (Å²) >= 11 is 3.75. The molecule has 1 aliphatic rings. The summed E-state index contributed by atoms with van der Waals surface area (Å²) in [7, 11) is 0. The average Bonchev–Trinajstić information content (AvgIpc) is 3.70. The van der Waals surface area contributed by atoms with E-state index in [-0.39, 0.29) is 0 Å². The molecule has 4 heterocycles. The first-order chi connectivity index (χ1) is 20.8. The molecule has 0 N–H and O–H groups in total. The Kier molecular flexibility index (Phi) is 4.57. The molecule has 0 radical (unpaired) electrons. The minimum atomic E-state index is 1.17. The number of fused-ring (bicyclic) bond motifs is 10. The van der Waals surface area contributed by atoms with E-state index in [1.54, 1.807) is 0 Å². The molecule has 2 nitrogen and oxygen atoms in total. The van der Waals surface area contributed by atoms with Gasteiger partial charge in [0.1, 0.15) is 5.65 Å². The third-order valence-electron chi connectivity index (χ3n) is 8.72. The molecule has 3 aromatic heterocycles. The third-order valence-corrected chi connectivity index (χ3v) is 11.0. The van der Waals surface area contributed by atoms with E-state index in [1.165, 1.54) is 85.3 Å². The van der Waals surface area contributed by atoms with E-state index in [4.69, 9.17) is 0 Å². The molecule has 4 heteroatoms. The van der Waals surface area contributed by atoms with Crippen molar-refractivity contribution in [1.29, 1.82) is 0 Å². The van der Waals surface area contributed by atoms with Gasteiger partial charge in [-0.15, -0.1) is 11.3 Å². The molecule has 0 saturated carbocycles. The van der Waals surface area contributed by atoms with Crippen LogP contribution in [-0.2, 0) is 0 Å². The van der Waals surface area contributed by atoms with E-state index >= 15 is 0 Å². The summed E-state index contributed by atoms with van der Waals surface area (Å²) in [5, 5.41) is 6.60. The van der Waals surface area contributed by atoms with Crippen molar-refractivity contribution in [3.8, 4) is 22.5 Å². The van der Waals surface area contributed by atoms with Crippen LogP contribution in [0.3, 0.4) is 0 Å². The molecule has 0 saturated heterocycles. The molecule has 1 aliphatic heterocycles. The van der Waals surface area contributed by atoms with Crippen LogP contribution in [0.25, 0.3) is 75.5 Å². The van der Waals surface area contributed by atoms with Crippen molar-refractivity contribution in [3.63, 3.8) is 0 Å². The zero-order chi connectivity index (χ0) is 27.4. The molecule has 0 fully saturated rings. The molecule has 0 atom stereocenters. The van der Waals surface area contributed by atoms with Crippen LogP contribution in [0.15, 0.2) is 143 Å². The molecule has 9 aromatic rings. The van der Waals surface area contributed by atoms with Gasteiger partial charge in [-0.05, 0) is 59.7 Å². The second kappa shape index (κ2) is 8.39. The summed E-state index contributed by atoms with van der Waals surface area (Å²) < 4.78 is 7.63. The lowest BCUT2D eigenvalue weighted by molar-refractivity contribution is 1.03. The fraction of sp³-hybridized carbons (Fsp3) is 0. The van der Waals surface area contributed by atoms with E-state index < -0.39 is 0 Å². The molecule has 10 rings (SSSR count). The number of thiophene rings is 1. The molecular weight excluding hydrogens is 549 g/mol. The summed E-state index contributed by atoms with van der Waals surface area (Å²) in [5.74, 6) is 0. The number of aromatic nitrogens is 2. The van der Waals surface area contributed by atoms with Gasteiger partial charge in [-0.1, -0.05) is 96.7 Å². The summed E-state index contributed by atoms with van der Waals surface area (Å²) in [5.41, 5.74) is 8.67. The van der Waals surface area contributed by atoms with Crippen molar-refractivity contribution in [2.24, 2.45) is 0 Å². The Morgan fingerprint density at radius 3 is 2.12 bits per heavy atom. The van der Waals surface area contributed by atoms with Crippen molar-refractivity contribution < 1.29 is 0 Å². The molecule has 196 valence electrons. The van der Waals surface area contributed by atoms with E-state index in [0.717, 1.165) is 0 Å². The van der Waals surface area contributed by atoms with Gasteiger partial charge in [-0.25, -0.2) is 0 Å².